The zero-order valence-corrected chi connectivity index (χ0v) is 20.8. The van der Waals surface area contributed by atoms with Crippen LogP contribution in [0.25, 0.3) is 11.3 Å². The largest absolute Gasteiger partial charge is 0.368 e. The molecule has 2 amide bonds. The van der Waals surface area contributed by atoms with E-state index < -0.39 is 0 Å². The summed E-state index contributed by atoms with van der Waals surface area (Å²) < 4.78 is 0. The van der Waals surface area contributed by atoms with E-state index in [2.05, 4.69) is 51.2 Å². The van der Waals surface area contributed by atoms with E-state index in [0.717, 1.165) is 66.5 Å². The van der Waals surface area contributed by atoms with Gasteiger partial charge in [0.15, 0.2) is 0 Å². The Balaban J connectivity index is 1.38. The highest BCUT2D eigenvalue weighted by Gasteiger charge is 2.23. The summed E-state index contributed by atoms with van der Waals surface area (Å²) in [6.07, 6.45) is 0.808. The van der Waals surface area contributed by atoms with Crippen molar-refractivity contribution in [2.24, 2.45) is 0 Å². The zero-order valence-electron chi connectivity index (χ0n) is 20.1. The molecule has 3 heterocycles. The molecule has 35 heavy (non-hydrogen) atoms. The molecule has 8 nitrogen and oxygen atoms in total. The molecular weight excluding hydrogens is 462 g/mol. The monoisotopic (exact) mass is 491 g/mol. The molecule has 2 aromatic carbocycles. The Bertz CT molecular complexity index is 1240. The number of nitrogens with two attached hydrogens (primary N) is 1. The molecule has 0 spiro atoms. The lowest BCUT2D eigenvalue weighted by atomic mass is 9.93. The predicted octanol–water partition coefficient (Wildman–Crippen LogP) is 4.03. The van der Waals surface area contributed by atoms with Gasteiger partial charge in [-0.2, -0.15) is 4.98 Å². The van der Waals surface area contributed by atoms with Gasteiger partial charge in [-0.3, -0.25) is 0 Å². The molecule has 2 aliphatic heterocycles. The number of amides is 2. The number of rotatable bonds is 3. The first kappa shape index (κ1) is 23.4. The minimum atomic E-state index is -0.122. The topological polar surface area (TPSA) is 90.6 Å². The molecule has 1 fully saturated rings. The average Bonchev–Trinajstić information content (AvgIpc) is 2.84. The van der Waals surface area contributed by atoms with Crippen molar-refractivity contribution in [2.45, 2.75) is 19.9 Å². The Morgan fingerprint density at radius 2 is 1.74 bits per heavy atom. The molecule has 5 rings (SSSR count). The van der Waals surface area contributed by atoms with Gasteiger partial charge in [-0.15, -0.1) is 0 Å². The van der Waals surface area contributed by atoms with Gasteiger partial charge in [0.05, 0.1) is 5.69 Å². The van der Waals surface area contributed by atoms with Gasteiger partial charge in [0, 0.05) is 61.6 Å². The van der Waals surface area contributed by atoms with Crippen molar-refractivity contribution >= 4 is 35.1 Å². The summed E-state index contributed by atoms with van der Waals surface area (Å²) in [5.41, 5.74) is 12.2. The van der Waals surface area contributed by atoms with Gasteiger partial charge in [0.25, 0.3) is 0 Å². The van der Waals surface area contributed by atoms with Crippen LogP contribution in [0, 0.1) is 6.92 Å². The fourth-order valence-electron chi connectivity index (χ4n) is 4.71. The number of hydrogen-bond acceptors (Lipinski definition) is 6. The molecule has 9 heteroatoms. The third kappa shape index (κ3) is 5.18. The van der Waals surface area contributed by atoms with Gasteiger partial charge in [-0.25, -0.2) is 9.78 Å². The van der Waals surface area contributed by atoms with Crippen LogP contribution in [0.2, 0.25) is 5.02 Å². The van der Waals surface area contributed by atoms with Gasteiger partial charge < -0.3 is 25.8 Å². The highest BCUT2D eigenvalue weighted by atomic mass is 35.5. The van der Waals surface area contributed by atoms with E-state index >= 15 is 0 Å². The molecule has 2 aliphatic rings. The third-order valence-electron chi connectivity index (χ3n) is 6.77. The van der Waals surface area contributed by atoms with Crippen LogP contribution in [-0.4, -0.2) is 65.6 Å². The Kier molecular flexibility index (Phi) is 6.49. The van der Waals surface area contributed by atoms with Crippen molar-refractivity contribution in [3.05, 3.63) is 64.2 Å². The lowest BCUT2D eigenvalue weighted by Gasteiger charge is -2.33. The lowest BCUT2D eigenvalue weighted by molar-refractivity contribution is 0.206. The van der Waals surface area contributed by atoms with E-state index in [-0.39, 0.29) is 12.0 Å². The average molecular weight is 492 g/mol. The van der Waals surface area contributed by atoms with E-state index in [0.29, 0.717) is 18.1 Å². The van der Waals surface area contributed by atoms with Crippen molar-refractivity contribution in [2.75, 3.05) is 55.7 Å². The van der Waals surface area contributed by atoms with E-state index in [4.69, 9.17) is 17.3 Å². The van der Waals surface area contributed by atoms with Gasteiger partial charge in [-0.1, -0.05) is 17.7 Å². The smallest absolute Gasteiger partial charge is 0.322 e. The van der Waals surface area contributed by atoms with Gasteiger partial charge >= 0.3 is 6.03 Å². The maximum atomic E-state index is 12.9. The third-order valence-corrected chi connectivity index (χ3v) is 7.03. The molecule has 3 N–H and O–H groups in total. The number of piperazine rings is 1. The standard InChI is InChI=1S/C26H30ClN7O/c1-17-13-18-7-8-34(26(35)29-21-5-3-20(27)4-6-21)16-19(18)14-22(17)23-15-24(31-25(28)30-23)33-11-9-32(2)10-12-33/h3-6,13-15H,7-12,16H2,1-2H3,(H,29,35)(H2,28,30,31). The number of hydrogen-bond donors (Lipinski definition) is 2. The number of aromatic nitrogens is 2. The van der Waals surface area contributed by atoms with E-state index in [9.17, 15) is 4.79 Å². The number of nitrogens with one attached hydrogen (secondary N) is 1. The molecule has 0 atom stereocenters. The van der Waals surface area contributed by atoms with E-state index in [1.165, 1.54) is 5.56 Å². The van der Waals surface area contributed by atoms with Crippen molar-refractivity contribution in [1.29, 1.82) is 0 Å². The molecule has 0 bridgehead atoms. The Labute approximate surface area is 210 Å². The summed E-state index contributed by atoms with van der Waals surface area (Å²) in [6, 6.07) is 13.4. The Morgan fingerprint density at radius 1 is 1.00 bits per heavy atom. The first-order chi connectivity index (χ1) is 16.9. The summed E-state index contributed by atoms with van der Waals surface area (Å²) in [7, 11) is 2.13. The number of likely N-dealkylation sites (N-methyl/N-ethyl adjacent to an activating group) is 1. The molecule has 1 aromatic heterocycles. The number of nitrogen functional groups attached to an aromatic ring is 1. The molecule has 0 radical (unpaired) electrons. The van der Waals surface area contributed by atoms with Crippen molar-refractivity contribution in [3.8, 4) is 11.3 Å². The minimum absolute atomic E-state index is 0.122. The minimum Gasteiger partial charge on any atom is -0.368 e. The molecule has 0 aliphatic carbocycles. The lowest BCUT2D eigenvalue weighted by Crippen LogP contribution is -2.44. The molecule has 1 saturated heterocycles. The van der Waals surface area contributed by atoms with Crippen LogP contribution in [0.1, 0.15) is 16.7 Å². The molecule has 0 saturated carbocycles. The number of carbonyl (C=O) groups is 1. The number of nitrogens with zero attached hydrogens (tertiary/aromatic N) is 5. The maximum Gasteiger partial charge on any atom is 0.322 e. The second-order valence-electron chi connectivity index (χ2n) is 9.30. The molecule has 3 aromatic rings. The SMILES string of the molecule is Cc1cc2c(cc1-c1cc(N3CCN(C)CC3)nc(N)n1)CN(C(=O)Nc1ccc(Cl)cc1)CC2. The molecule has 182 valence electrons. The predicted molar refractivity (Wildman–Crippen MR) is 141 cm³/mol. The second-order valence-corrected chi connectivity index (χ2v) is 9.74. The maximum absolute atomic E-state index is 12.9. The van der Waals surface area contributed by atoms with Crippen molar-refractivity contribution in [3.63, 3.8) is 0 Å². The summed E-state index contributed by atoms with van der Waals surface area (Å²) in [4.78, 5) is 28.4. The number of fused-ring (bicyclic) bond motifs is 1. The molecular formula is C26H30ClN7O. The summed E-state index contributed by atoms with van der Waals surface area (Å²) in [6.45, 7) is 7.10. The fourth-order valence-corrected chi connectivity index (χ4v) is 4.83. The summed E-state index contributed by atoms with van der Waals surface area (Å²) >= 11 is 5.96. The van der Waals surface area contributed by atoms with Crippen LogP contribution in [0.5, 0.6) is 0 Å². The van der Waals surface area contributed by atoms with Gasteiger partial charge in [0.1, 0.15) is 5.82 Å². The number of urea groups is 1. The van der Waals surface area contributed by atoms with Crippen LogP contribution >= 0.6 is 11.6 Å². The number of benzene rings is 2. The van der Waals surface area contributed by atoms with Crippen molar-refractivity contribution < 1.29 is 4.79 Å². The number of anilines is 3. The number of halogens is 1. The van der Waals surface area contributed by atoms with E-state index in [1.807, 2.05) is 11.0 Å². The highest BCUT2D eigenvalue weighted by molar-refractivity contribution is 6.30. The second kappa shape index (κ2) is 9.71. The van der Waals surface area contributed by atoms with Crippen LogP contribution < -0.4 is 16.0 Å². The van der Waals surface area contributed by atoms with E-state index in [1.54, 1.807) is 24.3 Å². The number of aryl methyl sites for hydroxylation is 1. The fraction of sp³-hybridized carbons (Fsp3) is 0.346. The van der Waals surface area contributed by atoms with Crippen molar-refractivity contribution in [1.82, 2.24) is 19.8 Å². The molecule has 0 unspecified atom stereocenters. The summed E-state index contributed by atoms with van der Waals surface area (Å²) in [5, 5.41) is 3.60. The first-order valence-corrected chi connectivity index (χ1v) is 12.3. The van der Waals surface area contributed by atoms with Crippen LogP contribution in [0.4, 0.5) is 22.2 Å². The quantitative estimate of drug-likeness (QED) is 0.575. The Morgan fingerprint density at radius 3 is 2.49 bits per heavy atom. The Hall–Kier alpha value is -3.36. The summed E-state index contributed by atoms with van der Waals surface area (Å²) in [5.74, 6) is 1.14. The van der Waals surface area contributed by atoms with Gasteiger partial charge in [0.2, 0.25) is 5.95 Å². The van der Waals surface area contributed by atoms with Crippen LogP contribution in [0.15, 0.2) is 42.5 Å². The zero-order chi connectivity index (χ0) is 24.5. The number of carbonyl (C=O) groups excluding carboxylic acids is 1. The highest BCUT2D eigenvalue weighted by Crippen LogP contribution is 2.31. The first-order valence-electron chi connectivity index (χ1n) is 11.9. The van der Waals surface area contributed by atoms with Gasteiger partial charge in [-0.05, 0) is 67.4 Å². The van der Waals surface area contributed by atoms with Crippen LogP contribution in [-0.2, 0) is 13.0 Å². The normalized spacial score (nSPS) is 16.2. The van der Waals surface area contributed by atoms with Crippen LogP contribution in [0.3, 0.4) is 0 Å².